The fraction of sp³-hybridized carbons (Fsp3) is 0.462. The molecule has 0 spiro atoms. The average Bonchev–Trinajstić information content (AvgIpc) is 2.45. The van der Waals surface area contributed by atoms with Gasteiger partial charge in [0.05, 0.1) is 10.9 Å². The van der Waals surface area contributed by atoms with Crippen molar-refractivity contribution in [1.29, 1.82) is 0 Å². The molecule has 0 saturated heterocycles. The van der Waals surface area contributed by atoms with Gasteiger partial charge in [0.15, 0.2) is 0 Å². The Kier molecular flexibility index (Phi) is 7.16. The van der Waals surface area contributed by atoms with Gasteiger partial charge in [0.2, 0.25) is 15.9 Å². The smallest absolute Gasteiger partial charge is 0.241 e. The summed E-state index contributed by atoms with van der Waals surface area (Å²) in [6, 6.07) is 5.41. The van der Waals surface area contributed by atoms with E-state index in [2.05, 4.69) is 10.0 Å². The first-order chi connectivity index (χ1) is 9.90. The average molecular weight is 331 g/mol. The molecule has 0 aliphatic heterocycles. The van der Waals surface area contributed by atoms with Crippen LogP contribution in [0.15, 0.2) is 29.2 Å². The van der Waals surface area contributed by atoms with Crippen molar-refractivity contribution in [3.05, 3.63) is 24.3 Å². The first-order valence-corrected chi connectivity index (χ1v) is 9.43. The van der Waals surface area contributed by atoms with Crippen LogP contribution in [0.1, 0.15) is 13.3 Å². The minimum atomic E-state index is -3.47. The van der Waals surface area contributed by atoms with Gasteiger partial charge in [-0.15, -0.1) is 0 Å². The van der Waals surface area contributed by atoms with Crippen LogP contribution in [0.3, 0.4) is 0 Å². The molecule has 0 heterocycles. The quantitative estimate of drug-likeness (QED) is 0.660. The third kappa shape index (κ3) is 5.66. The highest BCUT2D eigenvalue weighted by molar-refractivity contribution is 7.98. The van der Waals surface area contributed by atoms with E-state index in [1.54, 1.807) is 30.8 Å². The molecule has 1 aromatic rings. The normalized spacial score (nSPS) is 12.9. The van der Waals surface area contributed by atoms with Gasteiger partial charge < -0.3 is 11.1 Å². The lowest BCUT2D eigenvalue weighted by atomic mass is 10.2. The number of benzene rings is 1. The number of carbonyl (C=O) groups is 1. The largest absolute Gasteiger partial charge is 0.325 e. The molecule has 1 atom stereocenters. The van der Waals surface area contributed by atoms with Crippen LogP contribution >= 0.6 is 11.8 Å². The van der Waals surface area contributed by atoms with Gasteiger partial charge in [0, 0.05) is 12.2 Å². The van der Waals surface area contributed by atoms with Crippen molar-refractivity contribution >= 4 is 33.4 Å². The van der Waals surface area contributed by atoms with E-state index >= 15 is 0 Å². The second-order valence-corrected chi connectivity index (χ2v) is 7.16. The first kappa shape index (κ1) is 18.0. The van der Waals surface area contributed by atoms with E-state index in [-0.39, 0.29) is 10.8 Å². The van der Waals surface area contributed by atoms with Gasteiger partial charge in [-0.05, 0) is 42.7 Å². The lowest BCUT2D eigenvalue weighted by Crippen LogP contribution is -2.36. The number of amides is 1. The van der Waals surface area contributed by atoms with Crippen molar-refractivity contribution in [3.8, 4) is 0 Å². The summed E-state index contributed by atoms with van der Waals surface area (Å²) in [6.45, 7) is 2.03. The van der Waals surface area contributed by atoms with E-state index in [1.807, 2.05) is 6.26 Å². The first-order valence-electron chi connectivity index (χ1n) is 6.55. The fourth-order valence-corrected chi connectivity index (χ4v) is 3.13. The maximum absolute atomic E-state index is 11.8. The van der Waals surface area contributed by atoms with Crippen molar-refractivity contribution in [3.63, 3.8) is 0 Å². The van der Waals surface area contributed by atoms with Gasteiger partial charge in [-0.1, -0.05) is 6.92 Å². The molecule has 0 fully saturated rings. The van der Waals surface area contributed by atoms with Crippen LogP contribution in [0.2, 0.25) is 0 Å². The number of nitrogens with two attached hydrogens (primary N) is 1. The maximum atomic E-state index is 11.8. The SMILES string of the molecule is CCNS(=O)(=O)c1ccc(NC(=O)[C@@H](N)CCSC)cc1. The fourth-order valence-electron chi connectivity index (χ4n) is 1.60. The molecule has 4 N–H and O–H groups in total. The Balaban J connectivity index is 2.69. The summed E-state index contributed by atoms with van der Waals surface area (Å²) in [5, 5.41) is 2.67. The lowest BCUT2D eigenvalue weighted by Gasteiger charge is -2.12. The highest BCUT2D eigenvalue weighted by Crippen LogP contribution is 2.14. The van der Waals surface area contributed by atoms with Gasteiger partial charge in [-0.25, -0.2) is 13.1 Å². The number of anilines is 1. The molecule has 118 valence electrons. The zero-order chi connectivity index (χ0) is 15.9. The van der Waals surface area contributed by atoms with E-state index in [0.717, 1.165) is 5.75 Å². The predicted octanol–water partition coefficient (Wildman–Crippen LogP) is 1.00. The van der Waals surface area contributed by atoms with E-state index in [9.17, 15) is 13.2 Å². The van der Waals surface area contributed by atoms with E-state index in [0.29, 0.717) is 18.7 Å². The van der Waals surface area contributed by atoms with E-state index in [4.69, 9.17) is 5.73 Å². The van der Waals surface area contributed by atoms with Gasteiger partial charge in [-0.2, -0.15) is 11.8 Å². The second-order valence-electron chi connectivity index (χ2n) is 4.40. The van der Waals surface area contributed by atoms with Crippen LogP contribution in [0, 0.1) is 0 Å². The third-order valence-electron chi connectivity index (χ3n) is 2.74. The van der Waals surface area contributed by atoms with Crippen LogP contribution in [-0.2, 0) is 14.8 Å². The summed E-state index contributed by atoms with van der Waals surface area (Å²) in [7, 11) is -3.47. The van der Waals surface area contributed by atoms with Crippen LogP contribution in [0.5, 0.6) is 0 Å². The second kappa shape index (κ2) is 8.38. The van der Waals surface area contributed by atoms with E-state index < -0.39 is 16.1 Å². The topological polar surface area (TPSA) is 101 Å². The third-order valence-corrected chi connectivity index (χ3v) is 4.94. The zero-order valence-electron chi connectivity index (χ0n) is 12.1. The summed E-state index contributed by atoms with van der Waals surface area (Å²) >= 11 is 1.63. The molecule has 1 aromatic carbocycles. The summed E-state index contributed by atoms with van der Waals surface area (Å²) in [4.78, 5) is 12.0. The molecule has 1 amide bonds. The van der Waals surface area contributed by atoms with Crippen LogP contribution in [-0.4, -0.2) is 38.9 Å². The monoisotopic (exact) mass is 331 g/mol. The van der Waals surface area contributed by atoms with Gasteiger partial charge in [0.25, 0.3) is 0 Å². The van der Waals surface area contributed by atoms with Crippen molar-refractivity contribution in [2.75, 3.05) is 23.9 Å². The molecule has 0 aliphatic rings. The van der Waals surface area contributed by atoms with Gasteiger partial charge in [-0.3, -0.25) is 4.79 Å². The predicted molar refractivity (Wildman–Crippen MR) is 86.9 cm³/mol. The molecular formula is C13H21N3O3S2. The molecular weight excluding hydrogens is 310 g/mol. The molecule has 0 radical (unpaired) electrons. The number of nitrogens with one attached hydrogen (secondary N) is 2. The lowest BCUT2D eigenvalue weighted by molar-refractivity contribution is -0.117. The molecule has 8 heteroatoms. The summed E-state index contributed by atoms with van der Waals surface area (Å²) in [5.41, 5.74) is 6.28. The Morgan fingerprint density at radius 2 is 1.95 bits per heavy atom. The Labute approximate surface area is 129 Å². The maximum Gasteiger partial charge on any atom is 0.241 e. The Morgan fingerprint density at radius 3 is 2.48 bits per heavy atom. The minimum absolute atomic E-state index is 0.161. The molecule has 21 heavy (non-hydrogen) atoms. The number of thioether (sulfide) groups is 1. The minimum Gasteiger partial charge on any atom is -0.325 e. The van der Waals surface area contributed by atoms with Gasteiger partial charge in [0.1, 0.15) is 0 Å². The number of hydrogen-bond acceptors (Lipinski definition) is 5. The zero-order valence-corrected chi connectivity index (χ0v) is 13.8. The molecule has 0 saturated carbocycles. The summed E-state index contributed by atoms with van der Waals surface area (Å²) in [5.74, 6) is 0.542. The molecule has 0 unspecified atom stereocenters. The van der Waals surface area contributed by atoms with E-state index in [1.165, 1.54) is 12.1 Å². The highest BCUT2D eigenvalue weighted by Gasteiger charge is 2.15. The molecule has 1 rings (SSSR count). The number of hydrogen-bond donors (Lipinski definition) is 3. The molecule has 6 nitrogen and oxygen atoms in total. The standard InChI is InChI=1S/C13H21N3O3S2/c1-3-15-21(18,19)11-6-4-10(5-7-11)16-13(17)12(14)8-9-20-2/h4-7,12,15H,3,8-9,14H2,1-2H3,(H,16,17)/t12-/m0/s1. The Hall–Kier alpha value is -1.09. The summed E-state index contributed by atoms with van der Waals surface area (Å²) < 4.78 is 25.9. The van der Waals surface area contributed by atoms with Crippen molar-refractivity contribution in [2.45, 2.75) is 24.3 Å². The molecule has 0 bridgehead atoms. The molecule has 0 aliphatic carbocycles. The van der Waals surface area contributed by atoms with Crippen molar-refractivity contribution in [2.24, 2.45) is 5.73 Å². The molecule has 0 aromatic heterocycles. The van der Waals surface area contributed by atoms with Crippen molar-refractivity contribution < 1.29 is 13.2 Å². The number of sulfonamides is 1. The van der Waals surface area contributed by atoms with Crippen molar-refractivity contribution in [1.82, 2.24) is 4.72 Å². The number of carbonyl (C=O) groups excluding carboxylic acids is 1. The number of rotatable bonds is 8. The Bertz CT molecular complexity index is 559. The highest BCUT2D eigenvalue weighted by atomic mass is 32.2. The van der Waals surface area contributed by atoms with Crippen LogP contribution in [0.25, 0.3) is 0 Å². The summed E-state index contributed by atoms with van der Waals surface area (Å²) in [6.07, 6.45) is 2.55. The van der Waals surface area contributed by atoms with Crippen LogP contribution < -0.4 is 15.8 Å². The Morgan fingerprint density at radius 1 is 1.33 bits per heavy atom. The van der Waals surface area contributed by atoms with Gasteiger partial charge >= 0.3 is 0 Å². The van der Waals surface area contributed by atoms with Crippen LogP contribution in [0.4, 0.5) is 5.69 Å².